The third-order valence-electron chi connectivity index (χ3n) is 6.00. The number of carbonyl (C=O) groups is 1. The number of carbonyl (C=O) groups excluding carboxylic acids is 1. The first-order valence-corrected chi connectivity index (χ1v) is 11.2. The van der Waals surface area contributed by atoms with E-state index in [4.69, 9.17) is 4.42 Å². The Hall–Kier alpha value is -3.87. The van der Waals surface area contributed by atoms with Gasteiger partial charge in [0.05, 0.1) is 6.20 Å². The Balaban J connectivity index is 1.31. The molecule has 2 aromatic heterocycles. The molecule has 3 heterocycles. The van der Waals surface area contributed by atoms with Gasteiger partial charge in [0.25, 0.3) is 5.91 Å². The quantitative estimate of drug-likeness (QED) is 0.382. The molecule has 0 N–H and O–H groups in total. The summed E-state index contributed by atoms with van der Waals surface area (Å²) in [6, 6.07) is 15.9. The van der Waals surface area contributed by atoms with E-state index in [1.807, 2.05) is 6.07 Å². The third kappa shape index (κ3) is 4.88. The lowest BCUT2D eigenvalue weighted by Crippen LogP contribution is -2.30. The predicted molar refractivity (Wildman–Crippen MR) is 122 cm³/mol. The maximum Gasteiger partial charge on any atom is 0.254 e. The van der Waals surface area contributed by atoms with E-state index in [0.29, 0.717) is 42.3 Å². The van der Waals surface area contributed by atoms with Crippen molar-refractivity contribution in [3.8, 4) is 0 Å². The summed E-state index contributed by atoms with van der Waals surface area (Å²) in [5.41, 5.74) is 2.95. The molecule has 0 bridgehead atoms. The second-order valence-corrected chi connectivity index (χ2v) is 8.47. The molecular weight excluding hydrogens is 436 g/mol. The highest BCUT2D eigenvalue weighted by Crippen LogP contribution is 2.33. The largest absolute Gasteiger partial charge is 0.443 e. The molecule has 4 aromatic rings. The Kier molecular flexibility index (Phi) is 6.16. The van der Waals surface area contributed by atoms with Gasteiger partial charge >= 0.3 is 0 Å². The van der Waals surface area contributed by atoms with Crippen LogP contribution in [0, 0.1) is 11.6 Å². The third-order valence-corrected chi connectivity index (χ3v) is 6.00. The van der Waals surface area contributed by atoms with E-state index < -0.39 is 0 Å². The maximum atomic E-state index is 13.5. The minimum absolute atomic E-state index is 0.108. The number of halogens is 2. The van der Waals surface area contributed by atoms with E-state index in [1.54, 1.807) is 47.6 Å². The number of oxazole rings is 1. The van der Waals surface area contributed by atoms with Gasteiger partial charge in [-0.15, -0.1) is 0 Å². The highest BCUT2D eigenvalue weighted by atomic mass is 19.1. The van der Waals surface area contributed by atoms with Gasteiger partial charge in [0, 0.05) is 36.8 Å². The zero-order chi connectivity index (χ0) is 23.5. The molecular formula is C27H23F2N3O2. The van der Waals surface area contributed by atoms with Crippen molar-refractivity contribution >= 4 is 5.91 Å². The molecule has 5 nitrogen and oxygen atoms in total. The average molecular weight is 459 g/mol. The van der Waals surface area contributed by atoms with Gasteiger partial charge in [0.15, 0.2) is 0 Å². The van der Waals surface area contributed by atoms with Gasteiger partial charge in [0.1, 0.15) is 23.4 Å². The van der Waals surface area contributed by atoms with Crippen LogP contribution in [-0.4, -0.2) is 27.3 Å². The first-order chi connectivity index (χ1) is 16.5. The molecule has 7 heteroatoms. The summed E-state index contributed by atoms with van der Waals surface area (Å²) >= 11 is 0. The van der Waals surface area contributed by atoms with Crippen molar-refractivity contribution in [1.29, 1.82) is 0 Å². The zero-order valence-electron chi connectivity index (χ0n) is 18.5. The second kappa shape index (κ2) is 9.55. The minimum Gasteiger partial charge on any atom is -0.443 e. The number of amides is 1. The highest BCUT2D eigenvalue weighted by Gasteiger charge is 2.34. The molecule has 0 radical (unpaired) electrons. The molecule has 5 rings (SSSR count). The molecule has 1 amide bonds. The molecule has 1 atom stereocenters. The van der Waals surface area contributed by atoms with Gasteiger partial charge in [-0.2, -0.15) is 0 Å². The lowest BCUT2D eigenvalue weighted by atomic mass is 10.1. The van der Waals surface area contributed by atoms with Crippen LogP contribution in [0.5, 0.6) is 0 Å². The fourth-order valence-corrected chi connectivity index (χ4v) is 4.36. The monoisotopic (exact) mass is 459 g/mol. The lowest BCUT2D eigenvalue weighted by Gasteiger charge is -2.22. The van der Waals surface area contributed by atoms with Crippen LogP contribution >= 0.6 is 0 Å². The average Bonchev–Trinajstić information content (AvgIpc) is 3.50. The van der Waals surface area contributed by atoms with E-state index >= 15 is 0 Å². The van der Waals surface area contributed by atoms with E-state index in [1.165, 1.54) is 24.3 Å². The summed E-state index contributed by atoms with van der Waals surface area (Å²) in [6.07, 6.45) is 5.84. The zero-order valence-corrected chi connectivity index (χ0v) is 18.5. The fraction of sp³-hybridized carbons (Fsp3) is 0.222. The Morgan fingerprint density at radius 3 is 2.65 bits per heavy atom. The normalized spacial score (nSPS) is 15.6. The highest BCUT2D eigenvalue weighted by molar-refractivity contribution is 5.94. The molecule has 1 fully saturated rings. The molecule has 34 heavy (non-hydrogen) atoms. The summed E-state index contributed by atoms with van der Waals surface area (Å²) in [4.78, 5) is 23.9. The van der Waals surface area contributed by atoms with Gasteiger partial charge in [-0.1, -0.05) is 24.3 Å². The predicted octanol–water partition coefficient (Wildman–Crippen LogP) is 5.51. The Labute approximate surface area is 196 Å². The van der Waals surface area contributed by atoms with Crippen LogP contribution in [0.1, 0.15) is 57.7 Å². The van der Waals surface area contributed by atoms with Gasteiger partial charge in [-0.25, -0.2) is 13.8 Å². The van der Waals surface area contributed by atoms with Gasteiger partial charge in [-0.3, -0.25) is 9.78 Å². The Bertz CT molecular complexity index is 1300. The van der Waals surface area contributed by atoms with Crippen molar-refractivity contribution < 1.29 is 18.0 Å². The second-order valence-electron chi connectivity index (χ2n) is 8.47. The standard InChI is InChI=1S/C27H23F2N3O2/c28-21-8-6-18(7-9-21)15-24-17-31-26(34-24)25-5-2-12-32(25)27(33)20-10-11-30-23(16-20)14-19-3-1-4-22(29)13-19/h1,3-4,6-11,13,16-17,25H,2,5,12,14-15H2/t25-/m1/s1. The Morgan fingerprint density at radius 2 is 1.82 bits per heavy atom. The van der Waals surface area contributed by atoms with Crippen molar-refractivity contribution in [2.75, 3.05) is 6.54 Å². The number of hydrogen-bond donors (Lipinski definition) is 0. The summed E-state index contributed by atoms with van der Waals surface area (Å²) < 4.78 is 32.7. The molecule has 1 saturated heterocycles. The molecule has 172 valence electrons. The first kappa shape index (κ1) is 21.9. The van der Waals surface area contributed by atoms with E-state index in [9.17, 15) is 13.6 Å². The molecule has 0 aliphatic carbocycles. The number of pyridine rings is 1. The smallest absolute Gasteiger partial charge is 0.254 e. The maximum absolute atomic E-state index is 13.5. The van der Waals surface area contributed by atoms with Gasteiger partial charge < -0.3 is 9.32 Å². The SMILES string of the molecule is O=C(c1ccnc(Cc2cccc(F)c2)c1)N1CCC[C@@H]1c1ncc(Cc2ccc(F)cc2)o1. The number of aromatic nitrogens is 2. The van der Waals surface area contributed by atoms with Crippen LogP contribution < -0.4 is 0 Å². The molecule has 1 aliphatic rings. The van der Waals surface area contributed by atoms with Crippen molar-refractivity contribution in [1.82, 2.24) is 14.9 Å². The van der Waals surface area contributed by atoms with Crippen molar-refractivity contribution in [3.63, 3.8) is 0 Å². The van der Waals surface area contributed by atoms with Crippen molar-refractivity contribution in [3.05, 3.63) is 119 Å². The molecule has 0 spiro atoms. The van der Waals surface area contributed by atoms with Gasteiger partial charge in [-0.05, 0) is 60.4 Å². The minimum atomic E-state index is -0.297. The summed E-state index contributed by atoms with van der Waals surface area (Å²) in [5.74, 6) is 0.495. The number of likely N-dealkylation sites (tertiary alicyclic amines) is 1. The molecule has 0 saturated carbocycles. The summed E-state index contributed by atoms with van der Waals surface area (Å²) in [5, 5.41) is 0. The van der Waals surface area contributed by atoms with E-state index in [0.717, 1.165) is 24.0 Å². The molecule has 2 aromatic carbocycles. The lowest BCUT2D eigenvalue weighted by molar-refractivity contribution is 0.0714. The number of nitrogens with zero attached hydrogens (tertiary/aromatic N) is 3. The summed E-state index contributed by atoms with van der Waals surface area (Å²) in [7, 11) is 0. The van der Waals surface area contributed by atoms with E-state index in [2.05, 4.69) is 9.97 Å². The Morgan fingerprint density at radius 1 is 0.971 bits per heavy atom. The van der Waals surface area contributed by atoms with Crippen molar-refractivity contribution in [2.24, 2.45) is 0 Å². The van der Waals surface area contributed by atoms with Crippen LogP contribution in [-0.2, 0) is 12.8 Å². The van der Waals surface area contributed by atoms with Crippen LogP contribution in [0.2, 0.25) is 0 Å². The van der Waals surface area contributed by atoms with Crippen LogP contribution in [0.4, 0.5) is 8.78 Å². The number of rotatable bonds is 6. The number of benzene rings is 2. The van der Waals surface area contributed by atoms with Crippen LogP contribution in [0.3, 0.4) is 0 Å². The van der Waals surface area contributed by atoms with Gasteiger partial charge in [0.2, 0.25) is 5.89 Å². The van der Waals surface area contributed by atoms with Crippen molar-refractivity contribution in [2.45, 2.75) is 31.7 Å². The fourth-order valence-electron chi connectivity index (χ4n) is 4.36. The van der Waals surface area contributed by atoms with E-state index in [-0.39, 0.29) is 23.6 Å². The van der Waals surface area contributed by atoms with Crippen LogP contribution in [0.25, 0.3) is 0 Å². The van der Waals surface area contributed by atoms with Crippen LogP contribution in [0.15, 0.2) is 77.5 Å². The molecule has 1 aliphatic heterocycles. The molecule has 0 unspecified atom stereocenters. The number of hydrogen-bond acceptors (Lipinski definition) is 4. The summed E-state index contributed by atoms with van der Waals surface area (Å²) in [6.45, 7) is 0.612. The first-order valence-electron chi connectivity index (χ1n) is 11.2. The topological polar surface area (TPSA) is 59.2 Å².